The minimum absolute atomic E-state index is 0.106. The average Bonchev–Trinajstić information content (AvgIpc) is 2.19. The number of hydrogen-bond donors (Lipinski definition) is 2. The summed E-state index contributed by atoms with van der Waals surface area (Å²) in [4.78, 5) is 0. The first-order valence-corrected chi connectivity index (χ1v) is 4.82. The van der Waals surface area contributed by atoms with Crippen LogP contribution < -0.4 is 10.1 Å². The van der Waals surface area contributed by atoms with Crippen molar-refractivity contribution in [2.75, 3.05) is 12.4 Å². The maximum atomic E-state index is 9.66. The summed E-state index contributed by atoms with van der Waals surface area (Å²) < 4.78 is 5.14. The molecule has 0 fully saturated rings. The number of nitrogens with one attached hydrogen (secondary N) is 1. The Bertz CT molecular complexity index is 338. The Morgan fingerprint density at radius 3 is 3.00 bits per heavy atom. The van der Waals surface area contributed by atoms with Crippen molar-refractivity contribution in [1.29, 1.82) is 0 Å². The number of methoxy groups -OCH3 is 1. The molecule has 0 amide bonds. The Morgan fingerprint density at radius 2 is 2.29 bits per heavy atom. The van der Waals surface area contributed by atoms with Gasteiger partial charge in [0.05, 0.1) is 13.2 Å². The van der Waals surface area contributed by atoms with Gasteiger partial charge in [0, 0.05) is 24.2 Å². The third kappa shape index (κ3) is 1.55. The number of anilines is 1. The maximum Gasteiger partial charge on any atom is 0.120 e. The molecule has 3 heteroatoms. The van der Waals surface area contributed by atoms with Crippen molar-refractivity contribution >= 4 is 5.69 Å². The molecule has 0 saturated carbocycles. The topological polar surface area (TPSA) is 41.5 Å². The lowest BCUT2D eigenvalue weighted by Gasteiger charge is -2.29. The largest absolute Gasteiger partial charge is 0.497 e. The van der Waals surface area contributed by atoms with Gasteiger partial charge in [-0.05, 0) is 18.6 Å². The number of ether oxygens (including phenoxy) is 1. The molecule has 2 N–H and O–H groups in total. The van der Waals surface area contributed by atoms with Crippen molar-refractivity contribution in [1.82, 2.24) is 0 Å². The van der Waals surface area contributed by atoms with E-state index >= 15 is 0 Å². The highest BCUT2D eigenvalue weighted by Crippen LogP contribution is 2.28. The second-order valence-electron chi connectivity index (χ2n) is 3.73. The molecule has 2 rings (SSSR count). The van der Waals surface area contributed by atoms with E-state index in [1.165, 1.54) is 0 Å². The predicted octanol–water partition coefficient (Wildman–Crippen LogP) is 1.41. The van der Waals surface area contributed by atoms with Crippen molar-refractivity contribution in [3.05, 3.63) is 23.8 Å². The van der Waals surface area contributed by atoms with E-state index in [-0.39, 0.29) is 12.1 Å². The van der Waals surface area contributed by atoms with Crippen molar-refractivity contribution in [2.45, 2.75) is 25.5 Å². The van der Waals surface area contributed by atoms with Crippen LogP contribution in [0.2, 0.25) is 0 Å². The van der Waals surface area contributed by atoms with Gasteiger partial charge in [0.15, 0.2) is 0 Å². The number of fused-ring (bicyclic) bond motifs is 1. The smallest absolute Gasteiger partial charge is 0.120 e. The Morgan fingerprint density at radius 1 is 1.50 bits per heavy atom. The van der Waals surface area contributed by atoms with Gasteiger partial charge < -0.3 is 15.2 Å². The fraction of sp³-hybridized carbons (Fsp3) is 0.455. The van der Waals surface area contributed by atoms with Gasteiger partial charge >= 0.3 is 0 Å². The van der Waals surface area contributed by atoms with Gasteiger partial charge in [-0.2, -0.15) is 0 Å². The molecule has 14 heavy (non-hydrogen) atoms. The summed E-state index contributed by atoms with van der Waals surface area (Å²) in [5, 5.41) is 12.9. The summed E-state index contributed by atoms with van der Waals surface area (Å²) in [7, 11) is 1.66. The Kier molecular flexibility index (Phi) is 2.33. The predicted molar refractivity (Wildman–Crippen MR) is 55.8 cm³/mol. The van der Waals surface area contributed by atoms with Gasteiger partial charge in [0.1, 0.15) is 5.75 Å². The van der Waals surface area contributed by atoms with Crippen molar-refractivity contribution in [2.24, 2.45) is 0 Å². The van der Waals surface area contributed by atoms with Gasteiger partial charge in [0.2, 0.25) is 0 Å². The molecule has 0 spiro atoms. The summed E-state index contributed by atoms with van der Waals surface area (Å²) in [6, 6.07) is 5.99. The average molecular weight is 193 g/mol. The zero-order valence-electron chi connectivity index (χ0n) is 8.45. The van der Waals surface area contributed by atoms with Crippen molar-refractivity contribution in [3.63, 3.8) is 0 Å². The normalized spacial score (nSPS) is 25.1. The molecule has 76 valence electrons. The molecule has 3 nitrogen and oxygen atoms in total. The summed E-state index contributed by atoms with van der Waals surface area (Å²) in [5.41, 5.74) is 2.22. The van der Waals surface area contributed by atoms with E-state index in [9.17, 15) is 5.11 Å². The molecule has 0 radical (unpaired) electrons. The lowest BCUT2D eigenvalue weighted by molar-refractivity contribution is 0.154. The molecule has 0 aliphatic carbocycles. The molecule has 0 aromatic heterocycles. The highest BCUT2D eigenvalue weighted by Gasteiger charge is 2.22. The van der Waals surface area contributed by atoms with Crippen LogP contribution >= 0.6 is 0 Å². The monoisotopic (exact) mass is 193 g/mol. The van der Waals surface area contributed by atoms with E-state index in [1.54, 1.807) is 7.11 Å². The van der Waals surface area contributed by atoms with E-state index < -0.39 is 0 Å². The zero-order valence-corrected chi connectivity index (χ0v) is 8.45. The van der Waals surface area contributed by atoms with Gasteiger partial charge in [-0.3, -0.25) is 0 Å². The van der Waals surface area contributed by atoms with Gasteiger partial charge in [-0.25, -0.2) is 0 Å². The second-order valence-corrected chi connectivity index (χ2v) is 3.73. The van der Waals surface area contributed by atoms with Crippen LogP contribution in [0.3, 0.4) is 0 Å². The molecule has 1 heterocycles. The van der Waals surface area contributed by atoms with E-state index in [0.717, 1.165) is 17.0 Å². The Balaban J connectivity index is 2.33. The van der Waals surface area contributed by atoms with Gasteiger partial charge in [-0.15, -0.1) is 0 Å². The fourth-order valence-corrected chi connectivity index (χ4v) is 1.74. The zero-order chi connectivity index (χ0) is 10.1. The lowest BCUT2D eigenvalue weighted by Crippen LogP contribution is -2.36. The van der Waals surface area contributed by atoms with Gasteiger partial charge in [0.25, 0.3) is 0 Å². The molecule has 1 aromatic carbocycles. The number of hydrogen-bond acceptors (Lipinski definition) is 3. The molecule has 0 saturated heterocycles. The summed E-state index contributed by atoms with van der Waals surface area (Å²) in [5.74, 6) is 0.847. The van der Waals surface area contributed by atoms with Crippen molar-refractivity contribution in [3.8, 4) is 5.75 Å². The Hall–Kier alpha value is -1.22. The van der Waals surface area contributed by atoms with Crippen LogP contribution in [0.15, 0.2) is 18.2 Å². The second kappa shape index (κ2) is 3.50. The quantitative estimate of drug-likeness (QED) is 0.708. The minimum atomic E-state index is -0.295. The van der Waals surface area contributed by atoms with Crippen LogP contribution in [0.1, 0.15) is 12.5 Å². The van der Waals surface area contributed by atoms with Crippen LogP contribution in [0.5, 0.6) is 5.75 Å². The first kappa shape index (κ1) is 9.34. The minimum Gasteiger partial charge on any atom is -0.497 e. The number of benzene rings is 1. The highest BCUT2D eigenvalue weighted by molar-refractivity contribution is 5.57. The standard InChI is InChI=1S/C11H15NO2/c1-7-11(13)5-8-3-4-9(14-2)6-10(8)12-7/h3-4,6-7,11-13H,5H2,1-2H3. The molecular weight excluding hydrogens is 178 g/mol. The number of rotatable bonds is 1. The number of aliphatic hydroxyl groups is 1. The third-order valence-electron chi connectivity index (χ3n) is 2.71. The van der Waals surface area contributed by atoms with E-state index in [0.29, 0.717) is 6.42 Å². The summed E-state index contributed by atoms with van der Waals surface area (Å²) >= 11 is 0. The van der Waals surface area contributed by atoms with Crippen LogP contribution in [0.25, 0.3) is 0 Å². The highest BCUT2D eigenvalue weighted by atomic mass is 16.5. The van der Waals surface area contributed by atoms with E-state index in [2.05, 4.69) is 5.32 Å². The lowest BCUT2D eigenvalue weighted by atomic mass is 9.96. The van der Waals surface area contributed by atoms with Crippen LogP contribution in [0.4, 0.5) is 5.69 Å². The molecule has 2 atom stereocenters. The van der Waals surface area contributed by atoms with Crippen LogP contribution in [-0.2, 0) is 6.42 Å². The Labute approximate surface area is 83.7 Å². The van der Waals surface area contributed by atoms with Crippen molar-refractivity contribution < 1.29 is 9.84 Å². The molecule has 2 unspecified atom stereocenters. The molecule has 1 aromatic rings. The molecular formula is C11H15NO2. The van der Waals surface area contributed by atoms with Crippen LogP contribution in [-0.4, -0.2) is 24.4 Å². The fourth-order valence-electron chi connectivity index (χ4n) is 1.74. The van der Waals surface area contributed by atoms with E-state index in [1.807, 2.05) is 25.1 Å². The third-order valence-corrected chi connectivity index (χ3v) is 2.71. The molecule has 1 aliphatic rings. The number of aliphatic hydroxyl groups excluding tert-OH is 1. The van der Waals surface area contributed by atoms with E-state index in [4.69, 9.17) is 4.74 Å². The first-order valence-electron chi connectivity index (χ1n) is 4.82. The van der Waals surface area contributed by atoms with Gasteiger partial charge in [-0.1, -0.05) is 6.07 Å². The first-order chi connectivity index (χ1) is 6.70. The van der Waals surface area contributed by atoms with Crippen LogP contribution in [0, 0.1) is 0 Å². The summed E-state index contributed by atoms with van der Waals surface area (Å²) in [6.07, 6.45) is 0.420. The summed E-state index contributed by atoms with van der Waals surface area (Å²) in [6.45, 7) is 1.98. The SMILES string of the molecule is COc1ccc2c(c1)NC(C)C(O)C2. The molecule has 0 bridgehead atoms. The molecule has 1 aliphatic heterocycles. The maximum absolute atomic E-state index is 9.66.